The molecule has 1 aromatic carbocycles. The van der Waals surface area contributed by atoms with Gasteiger partial charge in [-0.25, -0.2) is 0 Å². The van der Waals surface area contributed by atoms with Crippen molar-refractivity contribution < 1.29 is 15.0 Å². The van der Waals surface area contributed by atoms with E-state index in [1.807, 2.05) is 6.07 Å². The van der Waals surface area contributed by atoms with Crippen LogP contribution in [0.4, 0.5) is 0 Å². The van der Waals surface area contributed by atoms with E-state index in [9.17, 15) is 9.90 Å². The number of aliphatic hydroxyl groups excluding tert-OH is 2. The first kappa shape index (κ1) is 13.5. The lowest BCUT2D eigenvalue weighted by atomic mass is 10.1. The molecule has 0 radical (unpaired) electrons. The number of amides is 1. The Morgan fingerprint density at radius 2 is 2.05 bits per heavy atom. The number of hydrogen-bond acceptors (Lipinski definition) is 4. The van der Waals surface area contributed by atoms with Gasteiger partial charge < -0.3 is 15.5 Å². The molecule has 1 amide bonds. The van der Waals surface area contributed by atoms with Crippen molar-refractivity contribution in [1.82, 2.24) is 5.32 Å². The number of carbonyl (C=O) groups is 1. The van der Waals surface area contributed by atoms with Gasteiger partial charge in [-0.1, -0.05) is 0 Å². The molecule has 0 spiro atoms. The molecule has 1 aromatic rings. The predicted molar refractivity (Wildman–Crippen MR) is 68.2 cm³/mol. The van der Waals surface area contributed by atoms with E-state index in [0.29, 0.717) is 24.0 Å². The van der Waals surface area contributed by atoms with Gasteiger partial charge in [-0.3, -0.25) is 4.79 Å². The van der Waals surface area contributed by atoms with Crippen molar-refractivity contribution in [2.75, 3.05) is 6.61 Å². The number of hydrogen-bond donors (Lipinski definition) is 3. The quantitative estimate of drug-likeness (QED) is 0.734. The van der Waals surface area contributed by atoms with Gasteiger partial charge in [0.05, 0.1) is 17.7 Å². The minimum Gasteiger partial charge on any atom is -0.396 e. The summed E-state index contributed by atoms with van der Waals surface area (Å²) in [4.78, 5) is 12.0. The number of aliphatic hydroxyl groups is 2. The third-order valence-corrected chi connectivity index (χ3v) is 3.50. The van der Waals surface area contributed by atoms with E-state index >= 15 is 0 Å². The zero-order valence-corrected chi connectivity index (χ0v) is 10.4. The number of nitriles is 1. The van der Waals surface area contributed by atoms with Crippen LogP contribution in [0.25, 0.3) is 0 Å². The van der Waals surface area contributed by atoms with Gasteiger partial charge in [0.15, 0.2) is 0 Å². The van der Waals surface area contributed by atoms with Crippen molar-refractivity contribution in [1.29, 1.82) is 5.26 Å². The van der Waals surface area contributed by atoms with Crippen LogP contribution in [0.3, 0.4) is 0 Å². The summed E-state index contributed by atoms with van der Waals surface area (Å²) < 4.78 is 0. The molecule has 1 aliphatic carbocycles. The molecule has 19 heavy (non-hydrogen) atoms. The number of nitrogens with one attached hydrogen (secondary N) is 1. The molecule has 0 aliphatic heterocycles. The highest BCUT2D eigenvalue weighted by molar-refractivity contribution is 5.94. The molecule has 3 atom stereocenters. The standard InChI is InChI=1S/C14H16N2O3/c15-7-9-1-3-10(4-2-9)14(19)16-12-5-11(8-17)13(18)6-12/h1-4,11-13,17-18H,5-6,8H2,(H,16,19)/t11-,12+,13-/m1/s1. The molecule has 1 saturated carbocycles. The lowest BCUT2D eigenvalue weighted by Gasteiger charge is -2.12. The van der Waals surface area contributed by atoms with Crippen LogP contribution in [0.2, 0.25) is 0 Å². The van der Waals surface area contributed by atoms with E-state index in [1.165, 1.54) is 0 Å². The van der Waals surface area contributed by atoms with Gasteiger partial charge in [0.2, 0.25) is 0 Å². The van der Waals surface area contributed by atoms with Gasteiger partial charge >= 0.3 is 0 Å². The minimum absolute atomic E-state index is 0.0651. The molecule has 1 fully saturated rings. The summed E-state index contributed by atoms with van der Waals surface area (Å²) in [6.45, 7) is -0.0651. The average molecular weight is 260 g/mol. The summed E-state index contributed by atoms with van der Waals surface area (Å²) in [5.74, 6) is -0.383. The van der Waals surface area contributed by atoms with Crippen LogP contribution in [-0.2, 0) is 0 Å². The molecule has 2 rings (SSSR count). The number of rotatable bonds is 3. The topological polar surface area (TPSA) is 93.4 Å². The van der Waals surface area contributed by atoms with Crippen molar-refractivity contribution in [3.63, 3.8) is 0 Å². The molecule has 0 heterocycles. The summed E-state index contributed by atoms with van der Waals surface area (Å²) >= 11 is 0. The average Bonchev–Trinajstić information content (AvgIpc) is 2.78. The molecule has 5 heteroatoms. The summed E-state index contributed by atoms with van der Waals surface area (Å²) in [6.07, 6.45) is 0.490. The van der Waals surface area contributed by atoms with Gasteiger partial charge in [-0.05, 0) is 37.1 Å². The second-order valence-corrected chi connectivity index (χ2v) is 4.84. The van der Waals surface area contributed by atoms with Crippen LogP contribution in [0.15, 0.2) is 24.3 Å². The molecule has 1 aliphatic rings. The first-order valence-electron chi connectivity index (χ1n) is 6.24. The molecule has 100 valence electrons. The Morgan fingerprint density at radius 1 is 1.37 bits per heavy atom. The molecule has 0 aromatic heterocycles. The zero-order chi connectivity index (χ0) is 13.8. The number of benzene rings is 1. The smallest absolute Gasteiger partial charge is 0.251 e. The molecule has 0 bridgehead atoms. The fraction of sp³-hybridized carbons (Fsp3) is 0.429. The summed E-state index contributed by atoms with van der Waals surface area (Å²) in [5.41, 5.74) is 0.995. The SMILES string of the molecule is N#Cc1ccc(C(=O)N[C@H]2C[C@H](CO)[C@H](O)C2)cc1. The van der Waals surface area contributed by atoms with Crippen molar-refractivity contribution in [2.45, 2.75) is 25.0 Å². The van der Waals surface area contributed by atoms with Gasteiger partial charge in [-0.2, -0.15) is 5.26 Å². The number of carbonyl (C=O) groups excluding carboxylic acids is 1. The first-order valence-corrected chi connectivity index (χ1v) is 6.24. The fourth-order valence-electron chi connectivity index (χ4n) is 2.38. The van der Waals surface area contributed by atoms with E-state index in [0.717, 1.165) is 0 Å². The highest BCUT2D eigenvalue weighted by atomic mass is 16.3. The van der Waals surface area contributed by atoms with Crippen molar-refractivity contribution >= 4 is 5.91 Å². The van der Waals surface area contributed by atoms with Gasteiger partial charge in [0.25, 0.3) is 5.91 Å². The highest BCUT2D eigenvalue weighted by Gasteiger charge is 2.33. The van der Waals surface area contributed by atoms with Crippen molar-refractivity contribution in [3.8, 4) is 6.07 Å². The Hall–Kier alpha value is -1.90. The van der Waals surface area contributed by atoms with Crippen molar-refractivity contribution in [2.24, 2.45) is 5.92 Å². The maximum atomic E-state index is 12.0. The second kappa shape index (κ2) is 5.83. The van der Waals surface area contributed by atoms with Crippen LogP contribution in [0.1, 0.15) is 28.8 Å². The first-order chi connectivity index (χ1) is 9.13. The van der Waals surface area contributed by atoms with Gasteiger partial charge in [0.1, 0.15) is 0 Å². The Labute approximate surface area is 111 Å². The Balaban J connectivity index is 1.96. The lowest BCUT2D eigenvalue weighted by molar-refractivity contribution is 0.0903. The Morgan fingerprint density at radius 3 is 2.58 bits per heavy atom. The maximum Gasteiger partial charge on any atom is 0.251 e. The van der Waals surface area contributed by atoms with Crippen LogP contribution in [0.5, 0.6) is 0 Å². The third-order valence-electron chi connectivity index (χ3n) is 3.50. The molecule has 3 N–H and O–H groups in total. The maximum absolute atomic E-state index is 12.0. The predicted octanol–water partition coefficient (Wildman–Crippen LogP) is 0.420. The van der Waals surface area contributed by atoms with E-state index in [2.05, 4.69) is 5.32 Å². The number of nitrogens with zero attached hydrogens (tertiary/aromatic N) is 1. The molecule has 0 saturated heterocycles. The summed E-state index contributed by atoms with van der Waals surface area (Å²) in [6, 6.07) is 8.26. The second-order valence-electron chi connectivity index (χ2n) is 4.84. The van der Waals surface area contributed by atoms with Crippen molar-refractivity contribution in [3.05, 3.63) is 35.4 Å². The van der Waals surface area contributed by atoms with Gasteiger partial charge in [0, 0.05) is 24.1 Å². The largest absolute Gasteiger partial charge is 0.396 e. The zero-order valence-electron chi connectivity index (χ0n) is 10.4. The van der Waals surface area contributed by atoms with Crippen LogP contribution >= 0.6 is 0 Å². The highest BCUT2D eigenvalue weighted by Crippen LogP contribution is 2.25. The van der Waals surface area contributed by atoms with Crippen LogP contribution in [-0.4, -0.2) is 34.9 Å². The molecule has 0 unspecified atom stereocenters. The van der Waals surface area contributed by atoms with E-state index in [1.54, 1.807) is 24.3 Å². The summed E-state index contributed by atoms with van der Waals surface area (Å²) in [5, 5.41) is 30.2. The van der Waals surface area contributed by atoms with Crippen LogP contribution < -0.4 is 5.32 Å². The molecular weight excluding hydrogens is 244 g/mol. The monoisotopic (exact) mass is 260 g/mol. The van der Waals surface area contributed by atoms with E-state index in [-0.39, 0.29) is 24.5 Å². The third kappa shape index (κ3) is 3.11. The minimum atomic E-state index is -0.559. The molecule has 5 nitrogen and oxygen atoms in total. The normalized spacial score (nSPS) is 25.8. The van der Waals surface area contributed by atoms with Gasteiger partial charge in [-0.15, -0.1) is 0 Å². The Kier molecular flexibility index (Phi) is 4.15. The molecular formula is C14H16N2O3. The van der Waals surface area contributed by atoms with E-state index < -0.39 is 6.10 Å². The van der Waals surface area contributed by atoms with Crippen LogP contribution in [0, 0.1) is 17.2 Å². The fourth-order valence-corrected chi connectivity index (χ4v) is 2.38. The summed E-state index contributed by atoms with van der Waals surface area (Å²) in [7, 11) is 0. The van der Waals surface area contributed by atoms with E-state index in [4.69, 9.17) is 10.4 Å². The lowest BCUT2D eigenvalue weighted by Crippen LogP contribution is -2.33. The Bertz CT molecular complexity index is 492.